The Morgan fingerprint density at radius 2 is 1.90 bits per heavy atom. The molecule has 0 aliphatic carbocycles. The van der Waals surface area contributed by atoms with Crippen LogP contribution in [-0.4, -0.2) is 41.0 Å². The van der Waals surface area contributed by atoms with Crippen LogP contribution in [0.2, 0.25) is 5.02 Å². The lowest BCUT2D eigenvalue weighted by Crippen LogP contribution is -2.26. The number of ether oxygens (including phenoxy) is 1. The first-order valence-corrected chi connectivity index (χ1v) is 12.7. The first-order valence-electron chi connectivity index (χ1n) is 12.3. The number of alkyl halides is 3. The van der Waals surface area contributed by atoms with Gasteiger partial charge in [0.25, 0.3) is 0 Å². The van der Waals surface area contributed by atoms with Crippen LogP contribution in [0.5, 0.6) is 11.5 Å². The van der Waals surface area contributed by atoms with Crippen LogP contribution in [0.4, 0.5) is 33.7 Å². The fourth-order valence-electron chi connectivity index (χ4n) is 4.42. The number of anilines is 2. The van der Waals surface area contributed by atoms with Crippen LogP contribution >= 0.6 is 11.6 Å². The summed E-state index contributed by atoms with van der Waals surface area (Å²) in [5.74, 6) is -0.323. The summed E-state index contributed by atoms with van der Waals surface area (Å²) in [6.45, 7) is 1.57. The number of aromatic nitrogens is 2. The molecule has 12 heteroatoms. The van der Waals surface area contributed by atoms with E-state index in [9.17, 15) is 22.4 Å². The molecule has 3 N–H and O–H groups in total. The molecular formula is C28H24ClF4N5O2. The van der Waals surface area contributed by atoms with Crippen molar-refractivity contribution in [1.82, 2.24) is 14.9 Å². The highest BCUT2D eigenvalue weighted by Crippen LogP contribution is 2.36. The van der Waals surface area contributed by atoms with Crippen LogP contribution in [0.15, 0.2) is 60.4 Å². The summed E-state index contributed by atoms with van der Waals surface area (Å²) in [7, 11) is 1.97. The summed E-state index contributed by atoms with van der Waals surface area (Å²) in [6, 6.07) is 8.01. The molecule has 4 aromatic rings. The van der Waals surface area contributed by atoms with Crippen molar-refractivity contribution in [2.75, 3.05) is 30.8 Å². The minimum atomic E-state index is -4.63. The molecule has 0 atom stereocenters. The fourth-order valence-corrected chi connectivity index (χ4v) is 4.66. The molecule has 0 radical (unpaired) electrons. The van der Waals surface area contributed by atoms with Gasteiger partial charge in [0.15, 0.2) is 0 Å². The van der Waals surface area contributed by atoms with E-state index in [0.29, 0.717) is 34.6 Å². The van der Waals surface area contributed by atoms with Gasteiger partial charge in [0.1, 0.15) is 23.0 Å². The van der Waals surface area contributed by atoms with Crippen LogP contribution in [0.25, 0.3) is 17.1 Å². The number of aromatic amines is 1. The van der Waals surface area contributed by atoms with Gasteiger partial charge < -0.3 is 25.3 Å². The van der Waals surface area contributed by atoms with Gasteiger partial charge in [0, 0.05) is 37.2 Å². The van der Waals surface area contributed by atoms with Crippen molar-refractivity contribution in [2.45, 2.75) is 19.0 Å². The number of benzene rings is 2. The lowest BCUT2D eigenvalue weighted by molar-refractivity contribution is -0.137. The number of nitrogens with one attached hydrogen (secondary N) is 3. The van der Waals surface area contributed by atoms with Crippen LogP contribution in [0.1, 0.15) is 24.0 Å². The van der Waals surface area contributed by atoms with Gasteiger partial charge in [0.2, 0.25) is 0 Å². The number of hydrogen-bond donors (Lipinski definition) is 3. The molecule has 40 heavy (non-hydrogen) atoms. The van der Waals surface area contributed by atoms with E-state index in [2.05, 4.69) is 25.5 Å². The van der Waals surface area contributed by atoms with E-state index in [0.717, 1.165) is 30.8 Å². The molecule has 7 nitrogen and oxygen atoms in total. The number of amides is 2. The molecule has 1 fully saturated rings. The minimum absolute atomic E-state index is 0.0343. The molecule has 0 saturated carbocycles. The Balaban J connectivity index is 1.28. The number of H-pyrrole nitrogens is 1. The molecule has 2 aromatic carbocycles. The molecule has 0 unspecified atom stereocenters. The summed E-state index contributed by atoms with van der Waals surface area (Å²) < 4.78 is 62.0. The first kappa shape index (κ1) is 27.5. The van der Waals surface area contributed by atoms with Crippen molar-refractivity contribution in [1.29, 1.82) is 0 Å². The van der Waals surface area contributed by atoms with E-state index in [1.807, 2.05) is 7.05 Å². The Bertz CT molecular complexity index is 1590. The molecule has 1 saturated heterocycles. The molecular weight excluding hydrogens is 550 g/mol. The number of hydrogen-bond acceptors (Lipinski definition) is 4. The zero-order valence-corrected chi connectivity index (χ0v) is 22.0. The van der Waals surface area contributed by atoms with Crippen molar-refractivity contribution in [3.63, 3.8) is 0 Å². The smallest absolute Gasteiger partial charge is 0.417 e. The van der Waals surface area contributed by atoms with Gasteiger partial charge in [-0.15, -0.1) is 0 Å². The Morgan fingerprint density at radius 3 is 2.62 bits per heavy atom. The molecule has 1 aliphatic heterocycles. The van der Waals surface area contributed by atoms with Gasteiger partial charge in [-0.1, -0.05) is 29.3 Å². The van der Waals surface area contributed by atoms with Gasteiger partial charge >= 0.3 is 12.2 Å². The highest BCUT2D eigenvalue weighted by atomic mass is 35.5. The van der Waals surface area contributed by atoms with Gasteiger partial charge in [-0.2, -0.15) is 13.2 Å². The lowest BCUT2D eigenvalue weighted by atomic mass is 9.98. The Labute approximate surface area is 231 Å². The normalized spacial score (nSPS) is 14.3. The van der Waals surface area contributed by atoms with Crippen LogP contribution < -0.4 is 15.4 Å². The number of rotatable bonds is 5. The Kier molecular flexibility index (Phi) is 7.68. The maximum Gasteiger partial charge on any atom is 0.417 e. The summed E-state index contributed by atoms with van der Waals surface area (Å²) >= 11 is 6.17. The number of carbonyl (C=O) groups is 1. The number of carbonyl (C=O) groups excluding carboxylic acids is 1. The van der Waals surface area contributed by atoms with Crippen LogP contribution in [0.3, 0.4) is 0 Å². The third-order valence-electron chi connectivity index (χ3n) is 6.51. The lowest BCUT2D eigenvalue weighted by Gasteiger charge is -2.24. The third kappa shape index (κ3) is 6.21. The number of likely N-dealkylation sites (tertiary alicyclic amines) is 1. The van der Waals surface area contributed by atoms with E-state index < -0.39 is 23.6 Å². The zero-order valence-electron chi connectivity index (χ0n) is 21.2. The molecule has 208 valence electrons. The SMILES string of the molecule is CN1CCC(=Cc2ccc(NC(=O)Nc3ccc(Oc4ccnc5[nH]cc(Cl)c45)cc3F)cc2C(F)(F)F)CC1. The van der Waals surface area contributed by atoms with E-state index in [1.165, 1.54) is 30.5 Å². The molecule has 1 aliphatic rings. The van der Waals surface area contributed by atoms with Gasteiger partial charge in [-0.25, -0.2) is 14.2 Å². The second kappa shape index (κ2) is 11.2. The molecule has 2 aromatic heterocycles. The fraction of sp³-hybridized carbons (Fsp3) is 0.214. The molecule has 5 rings (SSSR count). The van der Waals surface area contributed by atoms with E-state index in [-0.39, 0.29) is 22.7 Å². The van der Waals surface area contributed by atoms with E-state index in [4.69, 9.17) is 16.3 Å². The summed E-state index contributed by atoms with van der Waals surface area (Å²) in [4.78, 5) is 21.7. The average Bonchev–Trinajstić information content (AvgIpc) is 3.29. The number of urea groups is 1. The maximum absolute atomic E-state index is 14.8. The number of pyridine rings is 1. The number of nitrogens with zero attached hydrogens (tertiary/aromatic N) is 2. The molecule has 3 heterocycles. The zero-order chi connectivity index (χ0) is 28.4. The average molecular weight is 574 g/mol. The minimum Gasteiger partial charge on any atom is -0.456 e. The van der Waals surface area contributed by atoms with Gasteiger partial charge in [-0.05, 0) is 55.8 Å². The van der Waals surface area contributed by atoms with E-state index >= 15 is 0 Å². The monoisotopic (exact) mass is 573 g/mol. The summed E-state index contributed by atoms with van der Waals surface area (Å²) in [5.41, 5.74) is 0.335. The molecule has 0 spiro atoms. The maximum atomic E-state index is 14.8. The third-order valence-corrected chi connectivity index (χ3v) is 6.81. The Morgan fingerprint density at radius 1 is 1.12 bits per heavy atom. The molecule has 2 amide bonds. The van der Waals surface area contributed by atoms with Crippen LogP contribution in [-0.2, 0) is 6.18 Å². The summed E-state index contributed by atoms with van der Waals surface area (Å²) in [6.07, 6.45) is 1.38. The van der Waals surface area contributed by atoms with Crippen molar-refractivity contribution in [2.24, 2.45) is 0 Å². The number of piperidine rings is 1. The Hall–Kier alpha value is -4.09. The van der Waals surface area contributed by atoms with Crippen molar-refractivity contribution in [3.8, 4) is 11.5 Å². The molecule has 0 bridgehead atoms. The van der Waals surface area contributed by atoms with E-state index in [1.54, 1.807) is 18.3 Å². The number of fused-ring (bicyclic) bond motifs is 1. The van der Waals surface area contributed by atoms with Gasteiger partial charge in [-0.3, -0.25) is 0 Å². The largest absolute Gasteiger partial charge is 0.456 e. The topological polar surface area (TPSA) is 82.3 Å². The van der Waals surface area contributed by atoms with Gasteiger partial charge in [0.05, 0.1) is 21.7 Å². The predicted molar refractivity (Wildman–Crippen MR) is 146 cm³/mol. The quantitative estimate of drug-likeness (QED) is 0.212. The first-order chi connectivity index (χ1) is 19.1. The highest BCUT2D eigenvalue weighted by Gasteiger charge is 2.33. The van der Waals surface area contributed by atoms with Crippen molar-refractivity contribution >= 4 is 46.1 Å². The van der Waals surface area contributed by atoms with Crippen molar-refractivity contribution < 1.29 is 27.1 Å². The second-order valence-electron chi connectivity index (χ2n) is 9.40. The number of halogens is 5. The standard InChI is InChI=1S/C28H24ClF4N5O2/c1-38-10-7-16(8-11-38)12-17-2-3-18(13-20(17)28(31,32)33)36-27(39)37-23-5-4-19(14-22(23)30)40-24-6-9-34-26-25(24)21(29)15-35-26/h2-6,9,12-15H,7-8,10-11H2,1H3,(H,34,35)(H2,36,37,39). The second-order valence-corrected chi connectivity index (χ2v) is 9.80. The van der Waals surface area contributed by atoms with Crippen molar-refractivity contribution in [3.05, 3.63) is 82.4 Å². The summed E-state index contributed by atoms with van der Waals surface area (Å²) in [5, 5.41) is 5.57. The highest BCUT2D eigenvalue weighted by molar-refractivity contribution is 6.36. The van der Waals surface area contributed by atoms with Crippen LogP contribution in [0, 0.1) is 5.82 Å². The predicted octanol–water partition coefficient (Wildman–Crippen LogP) is 7.92.